The van der Waals surface area contributed by atoms with E-state index in [1.165, 1.54) is 0 Å². The van der Waals surface area contributed by atoms with E-state index in [1.807, 2.05) is 0 Å². The number of halogens is 5. The number of hydrogen-bond acceptors (Lipinski definition) is 2. The first-order chi connectivity index (χ1) is 7.27. The average Bonchev–Trinajstić information content (AvgIpc) is 2.19. The molecule has 0 unspecified atom stereocenters. The molecule has 0 aliphatic carbocycles. The molecule has 0 fully saturated rings. The molecule has 2 N–H and O–H groups in total. The van der Waals surface area contributed by atoms with Gasteiger partial charge in [-0.05, 0) is 17.6 Å². The molecule has 0 aliphatic rings. The van der Waals surface area contributed by atoms with Crippen molar-refractivity contribution in [2.24, 2.45) is 0 Å². The molecule has 0 spiro atoms. The van der Waals surface area contributed by atoms with Crippen molar-refractivity contribution in [3.8, 4) is 0 Å². The number of aliphatic hydroxyl groups excluding tert-OH is 1. The Morgan fingerprint density at radius 2 is 1.88 bits per heavy atom. The maximum Gasteiger partial charge on any atom is 0.416 e. The standard InChI is InChI=1S/C8H6BClF4O2/c10-6-2-4(8(12,13)14)1-5(7(6)11)9(16)3-15/h1-2,15-16H,3H2. The van der Waals surface area contributed by atoms with Crippen molar-refractivity contribution >= 4 is 24.0 Å². The fraction of sp³-hybridized carbons (Fsp3) is 0.250. The van der Waals surface area contributed by atoms with Gasteiger partial charge in [-0.1, -0.05) is 11.6 Å². The summed E-state index contributed by atoms with van der Waals surface area (Å²) in [5, 5.41) is 16.9. The highest BCUT2D eigenvalue weighted by Crippen LogP contribution is 2.31. The summed E-state index contributed by atoms with van der Waals surface area (Å²) < 4.78 is 50.2. The molecule has 16 heavy (non-hydrogen) atoms. The smallest absolute Gasteiger partial charge is 0.416 e. The van der Waals surface area contributed by atoms with E-state index >= 15 is 0 Å². The third-order valence-electron chi connectivity index (χ3n) is 1.92. The van der Waals surface area contributed by atoms with Gasteiger partial charge in [-0.3, -0.25) is 0 Å². The predicted octanol–water partition coefficient (Wildman–Crippen LogP) is 1.22. The van der Waals surface area contributed by atoms with Gasteiger partial charge in [0.15, 0.2) is 0 Å². The van der Waals surface area contributed by atoms with Gasteiger partial charge in [-0.2, -0.15) is 13.2 Å². The summed E-state index contributed by atoms with van der Waals surface area (Å²) in [4.78, 5) is 0. The number of benzene rings is 1. The minimum absolute atomic E-state index is 0.419. The Bertz CT molecular complexity index is 396. The molecule has 0 heterocycles. The van der Waals surface area contributed by atoms with Gasteiger partial charge in [-0.25, -0.2) is 4.39 Å². The van der Waals surface area contributed by atoms with Crippen molar-refractivity contribution in [1.29, 1.82) is 0 Å². The first-order valence-electron chi connectivity index (χ1n) is 4.12. The van der Waals surface area contributed by atoms with Crippen LogP contribution in [-0.2, 0) is 6.18 Å². The Hall–Kier alpha value is -0.785. The van der Waals surface area contributed by atoms with Crippen LogP contribution in [0.15, 0.2) is 12.1 Å². The largest absolute Gasteiger partial charge is 0.445 e. The van der Waals surface area contributed by atoms with E-state index in [9.17, 15) is 17.6 Å². The molecular formula is C8H6BClF4O2. The summed E-state index contributed by atoms with van der Waals surface area (Å²) in [6.07, 6.45) is -4.69. The van der Waals surface area contributed by atoms with E-state index in [0.29, 0.717) is 12.1 Å². The van der Waals surface area contributed by atoms with Crippen LogP contribution < -0.4 is 5.46 Å². The van der Waals surface area contributed by atoms with Crippen molar-refractivity contribution in [3.63, 3.8) is 0 Å². The summed E-state index contributed by atoms with van der Waals surface area (Å²) in [6, 6.07) is 0.840. The Morgan fingerprint density at radius 3 is 2.31 bits per heavy atom. The fourth-order valence-electron chi connectivity index (χ4n) is 1.11. The predicted molar refractivity (Wildman–Crippen MR) is 51.1 cm³/mol. The lowest BCUT2D eigenvalue weighted by Crippen LogP contribution is -2.37. The maximum atomic E-state index is 13.2. The van der Waals surface area contributed by atoms with Gasteiger partial charge < -0.3 is 10.1 Å². The first kappa shape index (κ1) is 13.3. The van der Waals surface area contributed by atoms with Gasteiger partial charge >= 0.3 is 13.1 Å². The Morgan fingerprint density at radius 1 is 1.31 bits per heavy atom. The monoisotopic (exact) mass is 256 g/mol. The summed E-state index contributed by atoms with van der Waals surface area (Å²) in [6.45, 7) is -2.63. The lowest BCUT2D eigenvalue weighted by atomic mass is 9.62. The van der Waals surface area contributed by atoms with Crippen molar-refractivity contribution in [3.05, 3.63) is 28.5 Å². The van der Waals surface area contributed by atoms with Crippen molar-refractivity contribution in [2.75, 3.05) is 6.51 Å². The van der Waals surface area contributed by atoms with E-state index in [-0.39, 0.29) is 0 Å². The number of rotatable bonds is 2. The van der Waals surface area contributed by atoms with Gasteiger partial charge in [0, 0.05) is 0 Å². The van der Waals surface area contributed by atoms with Crippen molar-refractivity contribution < 1.29 is 27.7 Å². The fourth-order valence-corrected chi connectivity index (χ4v) is 1.34. The van der Waals surface area contributed by atoms with Crippen LogP contribution in [0.5, 0.6) is 0 Å². The molecule has 0 amide bonds. The number of hydrogen-bond donors (Lipinski definition) is 2. The zero-order valence-electron chi connectivity index (χ0n) is 7.72. The molecule has 0 bridgehead atoms. The molecule has 0 aromatic heterocycles. The Balaban J connectivity index is 3.33. The molecule has 2 nitrogen and oxygen atoms in total. The van der Waals surface area contributed by atoms with Crippen LogP contribution in [0.25, 0.3) is 0 Å². The van der Waals surface area contributed by atoms with Crippen molar-refractivity contribution in [2.45, 2.75) is 6.18 Å². The average molecular weight is 256 g/mol. The molecule has 1 aromatic rings. The lowest BCUT2D eigenvalue weighted by molar-refractivity contribution is -0.137. The summed E-state index contributed by atoms with van der Waals surface area (Å²) in [5.74, 6) is -1.17. The van der Waals surface area contributed by atoms with Crippen molar-refractivity contribution in [1.82, 2.24) is 0 Å². The quantitative estimate of drug-likeness (QED) is 0.617. The second-order valence-electron chi connectivity index (χ2n) is 3.06. The van der Waals surface area contributed by atoms with E-state index in [0.717, 1.165) is 0 Å². The number of alkyl halides is 3. The van der Waals surface area contributed by atoms with Crippen LogP contribution in [0, 0.1) is 5.82 Å². The Labute approximate surface area is 93.6 Å². The molecule has 1 aromatic carbocycles. The molecule has 1 rings (SSSR count). The third kappa shape index (κ3) is 2.66. The normalized spacial score (nSPS) is 11.7. The topological polar surface area (TPSA) is 40.5 Å². The Kier molecular flexibility index (Phi) is 3.82. The van der Waals surface area contributed by atoms with E-state index < -0.39 is 41.5 Å². The van der Waals surface area contributed by atoms with Gasteiger partial charge in [0.25, 0.3) is 0 Å². The molecule has 0 atom stereocenters. The lowest BCUT2D eigenvalue weighted by Gasteiger charge is -2.12. The van der Waals surface area contributed by atoms with Crippen LogP contribution in [0.4, 0.5) is 17.6 Å². The second kappa shape index (κ2) is 4.61. The van der Waals surface area contributed by atoms with Crippen LogP contribution >= 0.6 is 11.6 Å². The second-order valence-corrected chi connectivity index (χ2v) is 3.46. The SMILES string of the molecule is OCB(O)c1cc(C(F)(F)F)cc(Cl)c1F. The highest BCUT2D eigenvalue weighted by atomic mass is 35.5. The van der Waals surface area contributed by atoms with Crippen LogP contribution in [0.2, 0.25) is 5.02 Å². The summed E-state index contributed by atoms with van der Waals surface area (Å²) in [7, 11) is 0. The van der Waals surface area contributed by atoms with Crippen LogP contribution in [0.3, 0.4) is 0 Å². The molecule has 88 valence electrons. The molecule has 0 aliphatic heterocycles. The van der Waals surface area contributed by atoms with Gasteiger partial charge in [0.05, 0.1) is 17.1 Å². The highest BCUT2D eigenvalue weighted by molar-refractivity contribution is 6.66. The van der Waals surface area contributed by atoms with E-state index in [1.54, 1.807) is 0 Å². The molecule has 0 radical (unpaired) electrons. The number of aliphatic hydroxyl groups is 1. The maximum absolute atomic E-state index is 13.2. The minimum Gasteiger partial charge on any atom is -0.445 e. The zero-order valence-corrected chi connectivity index (χ0v) is 8.48. The van der Waals surface area contributed by atoms with E-state index in [2.05, 4.69) is 0 Å². The van der Waals surface area contributed by atoms with Crippen LogP contribution in [0.1, 0.15) is 5.56 Å². The molecule has 0 saturated heterocycles. The van der Waals surface area contributed by atoms with Gasteiger partial charge in [-0.15, -0.1) is 0 Å². The first-order valence-corrected chi connectivity index (χ1v) is 4.50. The summed E-state index contributed by atoms with van der Waals surface area (Å²) >= 11 is 5.26. The third-order valence-corrected chi connectivity index (χ3v) is 2.19. The van der Waals surface area contributed by atoms with Gasteiger partial charge in [0.2, 0.25) is 0 Å². The van der Waals surface area contributed by atoms with Gasteiger partial charge in [0.1, 0.15) is 5.82 Å². The highest BCUT2D eigenvalue weighted by Gasteiger charge is 2.33. The molecule has 0 saturated carbocycles. The molecular weight excluding hydrogens is 250 g/mol. The summed E-state index contributed by atoms with van der Waals surface area (Å²) in [5.41, 5.74) is -1.86. The molecule has 8 heteroatoms. The minimum atomic E-state index is -4.69. The van der Waals surface area contributed by atoms with E-state index in [4.69, 9.17) is 21.7 Å². The zero-order chi connectivity index (χ0) is 12.5. The van der Waals surface area contributed by atoms with Crippen LogP contribution in [-0.4, -0.2) is 23.6 Å².